The van der Waals surface area contributed by atoms with Crippen molar-refractivity contribution in [2.75, 3.05) is 12.0 Å². The lowest BCUT2D eigenvalue weighted by Crippen LogP contribution is -2.28. The molecule has 1 heterocycles. The number of benzene rings is 4. The number of allylic oxidation sites excluding steroid dienone is 1. The molecule has 1 amide bonds. The molecule has 0 bridgehead atoms. The quantitative estimate of drug-likeness (QED) is 0.163. The number of methoxy groups -OCH3 is 1. The van der Waals surface area contributed by atoms with Gasteiger partial charge in [-0.2, -0.15) is 0 Å². The number of rotatable bonds is 9. The molecule has 0 unspecified atom stereocenters. The van der Waals surface area contributed by atoms with E-state index in [1.807, 2.05) is 115 Å². The van der Waals surface area contributed by atoms with Crippen LogP contribution in [0, 0.1) is 0 Å². The molecule has 0 aliphatic carbocycles. The van der Waals surface area contributed by atoms with Gasteiger partial charge in [-0.05, 0) is 71.8 Å². The Morgan fingerprint density at radius 2 is 1.59 bits per heavy atom. The molecule has 4 aromatic carbocycles. The maximum absolute atomic E-state index is 13.7. The minimum Gasteiger partial charge on any atom is -0.493 e. The van der Waals surface area contributed by atoms with Crippen LogP contribution in [-0.4, -0.2) is 18.2 Å². The summed E-state index contributed by atoms with van der Waals surface area (Å²) in [5.41, 5.74) is 4.38. The molecular formula is C33H28N2O3S. The minimum absolute atomic E-state index is 0.130. The average Bonchev–Trinajstić information content (AvgIpc) is 3.27. The minimum atomic E-state index is -0.130. The Kier molecular flexibility index (Phi) is 8.24. The first-order chi connectivity index (χ1) is 19.2. The summed E-state index contributed by atoms with van der Waals surface area (Å²) in [4.78, 5) is 20.7. The number of aliphatic imine (C=N–C) groups is 1. The van der Waals surface area contributed by atoms with E-state index in [1.54, 1.807) is 12.0 Å². The Balaban J connectivity index is 1.51. The molecule has 5 rings (SSSR count). The Morgan fingerprint density at radius 3 is 2.26 bits per heavy atom. The molecule has 0 spiro atoms. The smallest absolute Gasteiger partial charge is 0.271 e. The van der Waals surface area contributed by atoms with Gasteiger partial charge in [-0.15, -0.1) is 6.58 Å². The molecule has 4 aromatic rings. The third kappa shape index (κ3) is 6.13. The van der Waals surface area contributed by atoms with Gasteiger partial charge < -0.3 is 9.47 Å². The first kappa shape index (κ1) is 26.1. The Labute approximate surface area is 233 Å². The van der Waals surface area contributed by atoms with Gasteiger partial charge in [0.15, 0.2) is 16.7 Å². The molecule has 1 fully saturated rings. The van der Waals surface area contributed by atoms with Crippen molar-refractivity contribution in [3.8, 4) is 11.5 Å². The summed E-state index contributed by atoms with van der Waals surface area (Å²) in [6, 6.07) is 33.1. The predicted octanol–water partition coefficient (Wildman–Crippen LogP) is 7.81. The lowest BCUT2D eigenvalue weighted by molar-refractivity contribution is -0.113. The van der Waals surface area contributed by atoms with Crippen molar-refractivity contribution in [1.82, 2.24) is 0 Å². The highest BCUT2D eigenvalue weighted by molar-refractivity contribution is 8.19. The van der Waals surface area contributed by atoms with E-state index in [1.165, 1.54) is 11.8 Å². The van der Waals surface area contributed by atoms with E-state index in [2.05, 4.69) is 6.58 Å². The van der Waals surface area contributed by atoms with E-state index in [0.29, 0.717) is 34.6 Å². The summed E-state index contributed by atoms with van der Waals surface area (Å²) in [5, 5.41) is 0.602. The van der Waals surface area contributed by atoms with Crippen LogP contribution in [0.5, 0.6) is 11.5 Å². The first-order valence-corrected chi connectivity index (χ1v) is 13.4. The fourth-order valence-corrected chi connectivity index (χ4v) is 5.24. The third-order valence-corrected chi connectivity index (χ3v) is 7.03. The Morgan fingerprint density at radius 1 is 0.923 bits per heavy atom. The molecule has 39 heavy (non-hydrogen) atoms. The number of ether oxygens (including phenoxy) is 2. The largest absolute Gasteiger partial charge is 0.493 e. The van der Waals surface area contributed by atoms with Crippen LogP contribution >= 0.6 is 11.8 Å². The second-order valence-electron chi connectivity index (χ2n) is 8.80. The summed E-state index contributed by atoms with van der Waals surface area (Å²) in [5.74, 6) is 1.14. The van der Waals surface area contributed by atoms with Crippen molar-refractivity contribution in [3.63, 3.8) is 0 Å². The zero-order valence-electron chi connectivity index (χ0n) is 21.6. The summed E-state index contributed by atoms with van der Waals surface area (Å²) in [6.45, 7) is 4.33. The molecular weight excluding hydrogens is 504 g/mol. The number of thioether (sulfide) groups is 1. The SMILES string of the molecule is C=CCc1cc(/C=C2/SC(=Nc3ccccc3)N(c3ccccc3)C2=O)cc(OC)c1OCc1ccccc1. The molecule has 194 valence electrons. The van der Waals surface area contributed by atoms with Crippen molar-refractivity contribution >= 4 is 40.3 Å². The summed E-state index contributed by atoms with van der Waals surface area (Å²) in [6.07, 6.45) is 4.31. The highest BCUT2D eigenvalue weighted by Gasteiger charge is 2.34. The highest BCUT2D eigenvalue weighted by atomic mass is 32.2. The first-order valence-electron chi connectivity index (χ1n) is 12.6. The molecule has 0 saturated carbocycles. The van der Waals surface area contributed by atoms with Crippen LogP contribution in [0.2, 0.25) is 0 Å². The fourth-order valence-electron chi connectivity index (χ4n) is 4.24. The van der Waals surface area contributed by atoms with Gasteiger partial charge in [0.05, 0.1) is 23.4 Å². The molecule has 0 N–H and O–H groups in total. The molecule has 1 aliphatic heterocycles. The van der Waals surface area contributed by atoms with Crippen molar-refractivity contribution < 1.29 is 14.3 Å². The van der Waals surface area contributed by atoms with Gasteiger partial charge in [-0.3, -0.25) is 9.69 Å². The second kappa shape index (κ2) is 12.3. The van der Waals surface area contributed by atoms with Crippen molar-refractivity contribution in [2.24, 2.45) is 4.99 Å². The third-order valence-electron chi connectivity index (χ3n) is 6.06. The second-order valence-corrected chi connectivity index (χ2v) is 9.80. The number of amidine groups is 1. The van der Waals surface area contributed by atoms with Crippen molar-refractivity contribution in [1.29, 1.82) is 0 Å². The maximum atomic E-state index is 13.7. The number of carbonyl (C=O) groups excluding carboxylic acids is 1. The summed E-state index contributed by atoms with van der Waals surface area (Å²) in [7, 11) is 1.62. The highest BCUT2D eigenvalue weighted by Crippen LogP contribution is 2.39. The Hall–Kier alpha value is -4.55. The van der Waals surface area contributed by atoms with Crippen LogP contribution in [0.3, 0.4) is 0 Å². The molecule has 1 aliphatic rings. The maximum Gasteiger partial charge on any atom is 0.271 e. The molecule has 5 nitrogen and oxygen atoms in total. The van der Waals surface area contributed by atoms with Crippen LogP contribution < -0.4 is 14.4 Å². The molecule has 6 heteroatoms. The topological polar surface area (TPSA) is 51.1 Å². The number of nitrogens with zero attached hydrogens (tertiary/aromatic N) is 2. The monoisotopic (exact) mass is 532 g/mol. The van der Waals surface area contributed by atoms with Crippen molar-refractivity contribution in [2.45, 2.75) is 13.0 Å². The van der Waals surface area contributed by atoms with Crippen LogP contribution in [0.4, 0.5) is 11.4 Å². The van der Waals surface area contributed by atoms with Gasteiger partial charge in [-0.25, -0.2) is 4.99 Å². The lowest BCUT2D eigenvalue weighted by atomic mass is 10.0. The number of anilines is 1. The zero-order chi connectivity index (χ0) is 27.0. The van der Waals surface area contributed by atoms with Crippen LogP contribution in [-0.2, 0) is 17.8 Å². The van der Waals surface area contributed by atoms with Crippen LogP contribution in [0.1, 0.15) is 16.7 Å². The number of hydrogen-bond acceptors (Lipinski definition) is 5. The average molecular weight is 533 g/mol. The summed E-state index contributed by atoms with van der Waals surface area (Å²) < 4.78 is 11.9. The molecule has 0 aromatic heterocycles. The fraction of sp³-hybridized carbons (Fsp3) is 0.0909. The van der Waals surface area contributed by atoms with E-state index in [0.717, 1.165) is 28.1 Å². The van der Waals surface area contributed by atoms with E-state index in [9.17, 15) is 4.79 Å². The molecule has 0 atom stereocenters. The van der Waals surface area contributed by atoms with Crippen LogP contribution in [0.25, 0.3) is 6.08 Å². The normalized spacial score (nSPS) is 15.1. The number of hydrogen-bond donors (Lipinski definition) is 0. The van der Waals surface area contributed by atoms with Crippen molar-refractivity contribution in [3.05, 3.63) is 137 Å². The number of amides is 1. The van der Waals surface area contributed by atoms with Gasteiger partial charge in [0, 0.05) is 5.56 Å². The van der Waals surface area contributed by atoms with Gasteiger partial charge in [-0.1, -0.05) is 72.8 Å². The van der Waals surface area contributed by atoms with E-state index in [-0.39, 0.29) is 5.91 Å². The molecule has 0 radical (unpaired) electrons. The van der Waals surface area contributed by atoms with Gasteiger partial charge in [0.25, 0.3) is 5.91 Å². The van der Waals surface area contributed by atoms with Gasteiger partial charge in [0.2, 0.25) is 0 Å². The Bertz CT molecular complexity index is 1520. The lowest BCUT2D eigenvalue weighted by Gasteiger charge is -2.16. The van der Waals surface area contributed by atoms with Crippen LogP contribution in [0.15, 0.2) is 126 Å². The predicted molar refractivity (Wildman–Crippen MR) is 161 cm³/mol. The number of carbonyl (C=O) groups is 1. The number of para-hydroxylation sites is 2. The standard InChI is InChI=1S/C33H28N2O3S/c1-3-13-26-20-25(21-29(37-2)31(26)38-23-24-14-7-4-8-15-24)22-30-32(36)35(28-18-11-6-12-19-28)33(39-30)34-27-16-9-5-10-17-27/h3-12,14-22H,1,13,23H2,2H3/b30-22+,34-33?. The van der Waals surface area contributed by atoms with Gasteiger partial charge >= 0.3 is 0 Å². The van der Waals surface area contributed by atoms with E-state index in [4.69, 9.17) is 14.5 Å². The molecule has 1 saturated heterocycles. The van der Waals surface area contributed by atoms with E-state index >= 15 is 0 Å². The zero-order valence-corrected chi connectivity index (χ0v) is 22.4. The van der Waals surface area contributed by atoms with Gasteiger partial charge in [0.1, 0.15) is 6.61 Å². The van der Waals surface area contributed by atoms with E-state index < -0.39 is 0 Å². The summed E-state index contributed by atoms with van der Waals surface area (Å²) >= 11 is 1.35.